The van der Waals surface area contributed by atoms with E-state index in [1.807, 2.05) is 32.0 Å². The predicted molar refractivity (Wildman–Crippen MR) is 56.4 cm³/mol. The van der Waals surface area contributed by atoms with Crippen molar-refractivity contribution in [3.63, 3.8) is 0 Å². The summed E-state index contributed by atoms with van der Waals surface area (Å²) in [7, 11) is 0. The first-order valence-electron chi connectivity index (χ1n) is 4.75. The summed E-state index contributed by atoms with van der Waals surface area (Å²) in [6.45, 7) is 4.29. The molecule has 0 radical (unpaired) electrons. The lowest BCUT2D eigenvalue weighted by Crippen LogP contribution is -2.06. The van der Waals surface area contributed by atoms with E-state index in [2.05, 4.69) is 0 Å². The van der Waals surface area contributed by atoms with Crippen LogP contribution in [0.1, 0.15) is 24.1 Å². The summed E-state index contributed by atoms with van der Waals surface area (Å²) >= 11 is 0. The molecule has 3 nitrogen and oxygen atoms in total. The second-order valence-electron chi connectivity index (χ2n) is 3.39. The van der Waals surface area contributed by atoms with Crippen LogP contribution in [-0.2, 0) is 0 Å². The lowest BCUT2D eigenvalue weighted by molar-refractivity contribution is 0.200. The van der Waals surface area contributed by atoms with Crippen LogP contribution in [0.5, 0.6) is 5.75 Å². The molecule has 0 bridgehead atoms. The van der Waals surface area contributed by atoms with Gasteiger partial charge in [-0.2, -0.15) is 0 Å². The number of nitrogens with two attached hydrogens (primary N) is 1. The van der Waals surface area contributed by atoms with Crippen molar-refractivity contribution in [2.75, 3.05) is 13.2 Å². The highest BCUT2D eigenvalue weighted by molar-refractivity contribution is 5.37. The van der Waals surface area contributed by atoms with Gasteiger partial charge in [-0.05, 0) is 31.0 Å². The molecule has 0 unspecified atom stereocenters. The van der Waals surface area contributed by atoms with Gasteiger partial charge in [0.15, 0.2) is 0 Å². The largest absolute Gasteiger partial charge is 0.491 e. The van der Waals surface area contributed by atoms with Gasteiger partial charge in [0.2, 0.25) is 0 Å². The molecule has 0 aliphatic carbocycles. The maximum absolute atomic E-state index is 8.62. The number of benzene rings is 1. The molecular weight excluding hydrogens is 178 g/mol. The summed E-state index contributed by atoms with van der Waals surface area (Å²) in [5.41, 5.74) is 7.90. The van der Waals surface area contributed by atoms with E-state index in [0.717, 1.165) is 16.9 Å². The number of ether oxygens (including phenoxy) is 1. The van der Waals surface area contributed by atoms with Crippen LogP contribution in [0, 0.1) is 6.92 Å². The van der Waals surface area contributed by atoms with Crippen molar-refractivity contribution in [1.82, 2.24) is 0 Å². The molecular formula is C11H17NO2. The third kappa shape index (κ3) is 2.72. The first-order chi connectivity index (χ1) is 6.65. The number of rotatable bonds is 4. The maximum atomic E-state index is 8.62. The molecule has 3 heteroatoms. The van der Waals surface area contributed by atoms with Crippen molar-refractivity contribution >= 4 is 0 Å². The Balaban J connectivity index is 2.79. The van der Waals surface area contributed by atoms with Gasteiger partial charge in [-0.15, -0.1) is 0 Å². The molecule has 0 aromatic heterocycles. The molecule has 0 saturated heterocycles. The molecule has 0 heterocycles. The Labute approximate surface area is 84.5 Å². The lowest BCUT2D eigenvalue weighted by atomic mass is 10.1. The zero-order valence-corrected chi connectivity index (χ0v) is 8.66. The molecule has 14 heavy (non-hydrogen) atoms. The number of aliphatic hydroxyl groups is 1. The van der Waals surface area contributed by atoms with E-state index in [9.17, 15) is 0 Å². The fourth-order valence-corrected chi connectivity index (χ4v) is 1.27. The summed E-state index contributed by atoms with van der Waals surface area (Å²) in [6, 6.07) is 5.89. The number of aliphatic hydroxyl groups excluding tert-OH is 1. The smallest absolute Gasteiger partial charge is 0.122 e. The zero-order valence-electron chi connectivity index (χ0n) is 8.66. The summed E-state index contributed by atoms with van der Waals surface area (Å²) in [5, 5.41) is 8.62. The molecule has 1 atom stereocenters. The molecule has 3 N–H and O–H groups in total. The molecule has 1 rings (SSSR count). The minimum Gasteiger partial charge on any atom is -0.491 e. The van der Waals surface area contributed by atoms with Crippen molar-refractivity contribution in [2.45, 2.75) is 19.9 Å². The molecule has 0 spiro atoms. The van der Waals surface area contributed by atoms with Crippen molar-refractivity contribution in [2.24, 2.45) is 5.73 Å². The van der Waals surface area contributed by atoms with Gasteiger partial charge in [0.1, 0.15) is 12.4 Å². The third-order valence-electron chi connectivity index (χ3n) is 2.07. The molecule has 1 aromatic rings. The number of aryl methyl sites for hydroxylation is 1. The van der Waals surface area contributed by atoms with E-state index in [4.69, 9.17) is 15.6 Å². The summed E-state index contributed by atoms with van der Waals surface area (Å²) in [4.78, 5) is 0. The van der Waals surface area contributed by atoms with E-state index in [0.29, 0.717) is 6.61 Å². The van der Waals surface area contributed by atoms with Gasteiger partial charge in [0.05, 0.1) is 6.61 Å². The second kappa shape index (κ2) is 4.98. The van der Waals surface area contributed by atoms with Crippen LogP contribution in [0.15, 0.2) is 18.2 Å². The van der Waals surface area contributed by atoms with Gasteiger partial charge in [-0.1, -0.05) is 12.1 Å². The van der Waals surface area contributed by atoms with Crippen LogP contribution in [-0.4, -0.2) is 18.3 Å². The zero-order chi connectivity index (χ0) is 10.6. The Bertz CT molecular complexity index is 297. The molecule has 0 amide bonds. The van der Waals surface area contributed by atoms with Gasteiger partial charge >= 0.3 is 0 Å². The summed E-state index contributed by atoms with van der Waals surface area (Å²) < 4.78 is 5.33. The lowest BCUT2D eigenvalue weighted by Gasteiger charge is -2.11. The predicted octanol–water partition coefficient (Wildman–Crippen LogP) is 1.39. The number of hydrogen-bond acceptors (Lipinski definition) is 3. The van der Waals surface area contributed by atoms with Crippen molar-refractivity contribution in [3.05, 3.63) is 29.3 Å². The highest BCUT2D eigenvalue weighted by Gasteiger charge is 2.03. The minimum atomic E-state index is 0.0362. The van der Waals surface area contributed by atoms with Crippen LogP contribution < -0.4 is 10.5 Å². The summed E-state index contributed by atoms with van der Waals surface area (Å²) in [6.07, 6.45) is 0. The van der Waals surface area contributed by atoms with Crippen molar-refractivity contribution in [3.8, 4) is 5.75 Å². The van der Waals surface area contributed by atoms with Crippen LogP contribution in [0.3, 0.4) is 0 Å². The van der Waals surface area contributed by atoms with E-state index in [1.165, 1.54) is 0 Å². The maximum Gasteiger partial charge on any atom is 0.122 e. The highest BCUT2D eigenvalue weighted by atomic mass is 16.5. The third-order valence-corrected chi connectivity index (χ3v) is 2.07. The topological polar surface area (TPSA) is 55.5 Å². The van der Waals surface area contributed by atoms with Gasteiger partial charge in [-0.25, -0.2) is 0 Å². The van der Waals surface area contributed by atoms with E-state index >= 15 is 0 Å². The molecule has 1 aromatic carbocycles. The average molecular weight is 195 g/mol. The highest BCUT2D eigenvalue weighted by Crippen LogP contribution is 2.21. The van der Waals surface area contributed by atoms with Crippen LogP contribution in [0.2, 0.25) is 0 Å². The minimum absolute atomic E-state index is 0.0362. The second-order valence-corrected chi connectivity index (χ2v) is 3.39. The van der Waals surface area contributed by atoms with Crippen LogP contribution in [0.4, 0.5) is 0 Å². The van der Waals surface area contributed by atoms with E-state index in [1.54, 1.807) is 0 Å². The van der Waals surface area contributed by atoms with Crippen molar-refractivity contribution in [1.29, 1.82) is 0 Å². The van der Waals surface area contributed by atoms with Gasteiger partial charge < -0.3 is 15.6 Å². The first-order valence-corrected chi connectivity index (χ1v) is 4.75. The Hall–Kier alpha value is -1.06. The van der Waals surface area contributed by atoms with Crippen LogP contribution >= 0.6 is 0 Å². The van der Waals surface area contributed by atoms with Crippen molar-refractivity contribution < 1.29 is 9.84 Å². The Morgan fingerprint density at radius 3 is 2.71 bits per heavy atom. The monoisotopic (exact) mass is 195 g/mol. The Kier molecular flexibility index (Phi) is 3.92. The van der Waals surface area contributed by atoms with Gasteiger partial charge in [0, 0.05) is 6.04 Å². The van der Waals surface area contributed by atoms with E-state index in [-0.39, 0.29) is 12.6 Å². The standard InChI is InChI=1S/C11H17NO2/c1-8-7-10(9(2)12)3-4-11(8)14-6-5-13/h3-4,7,9,13H,5-6,12H2,1-2H3/t9-/m0/s1. The van der Waals surface area contributed by atoms with Crippen LogP contribution in [0.25, 0.3) is 0 Å². The van der Waals surface area contributed by atoms with E-state index < -0.39 is 0 Å². The molecule has 0 aliphatic heterocycles. The molecule has 78 valence electrons. The molecule has 0 aliphatic rings. The SMILES string of the molecule is Cc1cc([C@H](C)N)ccc1OCCO. The first kappa shape index (κ1) is 11.0. The Morgan fingerprint density at radius 1 is 1.50 bits per heavy atom. The van der Waals surface area contributed by atoms with Gasteiger partial charge in [-0.3, -0.25) is 0 Å². The summed E-state index contributed by atoms with van der Waals surface area (Å²) in [5.74, 6) is 0.809. The normalized spacial score (nSPS) is 12.6. The quantitative estimate of drug-likeness (QED) is 0.763. The molecule has 0 saturated carbocycles. The van der Waals surface area contributed by atoms with Gasteiger partial charge in [0.25, 0.3) is 0 Å². The number of hydrogen-bond donors (Lipinski definition) is 2. The average Bonchev–Trinajstić information content (AvgIpc) is 2.15. The molecule has 0 fully saturated rings. The fraction of sp³-hybridized carbons (Fsp3) is 0.455. The fourth-order valence-electron chi connectivity index (χ4n) is 1.27. The Morgan fingerprint density at radius 2 is 2.21 bits per heavy atom.